The van der Waals surface area contributed by atoms with Crippen molar-refractivity contribution in [2.24, 2.45) is 0 Å². The van der Waals surface area contributed by atoms with Gasteiger partial charge in [-0.1, -0.05) is 0 Å². The van der Waals surface area contributed by atoms with Crippen molar-refractivity contribution >= 4 is 11.6 Å². The van der Waals surface area contributed by atoms with Crippen LogP contribution in [-0.4, -0.2) is 23.1 Å². The van der Waals surface area contributed by atoms with E-state index in [1.165, 1.54) is 24.1 Å². The molecule has 1 N–H and O–H groups in total. The SMILES string of the molecule is CN(C#N)c1cc(NC2CC2)ncn1. The van der Waals surface area contributed by atoms with Gasteiger partial charge in [-0.2, -0.15) is 5.26 Å². The first-order chi connectivity index (χ1) is 6.79. The van der Waals surface area contributed by atoms with Crippen molar-refractivity contribution in [1.29, 1.82) is 5.26 Å². The highest BCUT2D eigenvalue weighted by Gasteiger charge is 2.21. The molecule has 0 bridgehead atoms. The lowest BCUT2D eigenvalue weighted by molar-refractivity contribution is 1.05. The number of rotatable bonds is 3. The minimum atomic E-state index is 0.560. The van der Waals surface area contributed by atoms with Crippen LogP contribution in [0, 0.1) is 11.5 Å². The Hall–Kier alpha value is -1.83. The minimum Gasteiger partial charge on any atom is -0.367 e. The van der Waals surface area contributed by atoms with Gasteiger partial charge in [-0.05, 0) is 12.8 Å². The zero-order valence-corrected chi connectivity index (χ0v) is 7.94. The Balaban J connectivity index is 2.13. The van der Waals surface area contributed by atoms with Crippen LogP contribution in [-0.2, 0) is 0 Å². The molecule has 5 nitrogen and oxygen atoms in total. The van der Waals surface area contributed by atoms with Crippen molar-refractivity contribution in [3.63, 3.8) is 0 Å². The largest absolute Gasteiger partial charge is 0.367 e. The smallest absolute Gasteiger partial charge is 0.185 e. The van der Waals surface area contributed by atoms with Crippen molar-refractivity contribution in [3.05, 3.63) is 12.4 Å². The molecule has 1 aromatic rings. The third-order valence-corrected chi connectivity index (χ3v) is 2.08. The van der Waals surface area contributed by atoms with Gasteiger partial charge in [0.1, 0.15) is 18.0 Å². The van der Waals surface area contributed by atoms with Gasteiger partial charge in [0.15, 0.2) is 6.19 Å². The van der Waals surface area contributed by atoms with Crippen molar-refractivity contribution in [2.45, 2.75) is 18.9 Å². The van der Waals surface area contributed by atoms with E-state index in [-0.39, 0.29) is 0 Å². The Morgan fingerprint density at radius 1 is 1.57 bits per heavy atom. The molecular formula is C9H11N5. The highest BCUT2D eigenvalue weighted by Crippen LogP contribution is 2.24. The molecule has 1 aliphatic rings. The Bertz CT molecular complexity index is 366. The van der Waals surface area contributed by atoms with Crippen LogP contribution in [0.5, 0.6) is 0 Å². The molecule has 0 amide bonds. The van der Waals surface area contributed by atoms with E-state index in [9.17, 15) is 0 Å². The minimum absolute atomic E-state index is 0.560. The summed E-state index contributed by atoms with van der Waals surface area (Å²) in [7, 11) is 1.67. The van der Waals surface area contributed by atoms with Gasteiger partial charge < -0.3 is 5.32 Å². The van der Waals surface area contributed by atoms with Crippen LogP contribution < -0.4 is 10.2 Å². The van der Waals surface area contributed by atoms with Crippen molar-refractivity contribution in [3.8, 4) is 6.19 Å². The fourth-order valence-electron chi connectivity index (χ4n) is 1.10. The molecule has 1 fully saturated rings. The van der Waals surface area contributed by atoms with Gasteiger partial charge in [-0.25, -0.2) is 9.97 Å². The normalized spacial score (nSPS) is 14.6. The maximum atomic E-state index is 8.67. The highest BCUT2D eigenvalue weighted by molar-refractivity contribution is 5.51. The Kier molecular flexibility index (Phi) is 2.19. The van der Waals surface area contributed by atoms with Crippen LogP contribution >= 0.6 is 0 Å². The lowest BCUT2D eigenvalue weighted by Gasteiger charge is -2.09. The summed E-state index contributed by atoms with van der Waals surface area (Å²) in [6, 6.07) is 2.34. The number of hydrogen-bond acceptors (Lipinski definition) is 5. The molecule has 1 heterocycles. The lowest BCUT2D eigenvalue weighted by Crippen LogP contribution is -2.11. The average Bonchev–Trinajstić information content (AvgIpc) is 3.01. The topological polar surface area (TPSA) is 64.8 Å². The molecular weight excluding hydrogens is 178 g/mol. The van der Waals surface area contributed by atoms with E-state index in [4.69, 9.17) is 5.26 Å². The second-order valence-electron chi connectivity index (χ2n) is 3.34. The molecule has 1 saturated carbocycles. The predicted octanol–water partition coefficient (Wildman–Crippen LogP) is 0.968. The van der Waals surface area contributed by atoms with Gasteiger partial charge in [0.25, 0.3) is 0 Å². The Morgan fingerprint density at radius 3 is 3.00 bits per heavy atom. The molecule has 0 unspecified atom stereocenters. The van der Waals surface area contributed by atoms with Crippen LogP contribution in [0.4, 0.5) is 11.6 Å². The molecule has 0 aromatic carbocycles. The molecule has 2 rings (SSSR count). The summed E-state index contributed by atoms with van der Waals surface area (Å²) in [6.07, 6.45) is 5.86. The maximum Gasteiger partial charge on any atom is 0.185 e. The number of aromatic nitrogens is 2. The van der Waals surface area contributed by atoms with Gasteiger partial charge in [0.2, 0.25) is 0 Å². The quantitative estimate of drug-likeness (QED) is 0.567. The van der Waals surface area contributed by atoms with Crippen LogP contribution in [0.15, 0.2) is 12.4 Å². The highest BCUT2D eigenvalue weighted by atomic mass is 15.2. The third-order valence-electron chi connectivity index (χ3n) is 2.08. The number of nitrogens with one attached hydrogen (secondary N) is 1. The van der Waals surface area contributed by atoms with E-state index in [1.807, 2.05) is 6.19 Å². The fraction of sp³-hybridized carbons (Fsp3) is 0.444. The van der Waals surface area contributed by atoms with E-state index in [2.05, 4.69) is 15.3 Å². The standard InChI is InChI=1S/C9H11N5/c1-14(5-10)9-4-8(11-6-12-9)13-7-2-3-7/h4,6-7H,2-3H2,1H3,(H,11,12,13). The van der Waals surface area contributed by atoms with Gasteiger partial charge in [0.05, 0.1) is 0 Å². The van der Waals surface area contributed by atoms with Gasteiger partial charge in [0, 0.05) is 19.2 Å². The molecule has 0 radical (unpaired) electrons. The average molecular weight is 189 g/mol. The van der Waals surface area contributed by atoms with Crippen molar-refractivity contribution in [2.75, 3.05) is 17.3 Å². The lowest BCUT2D eigenvalue weighted by atomic mass is 10.5. The molecule has 14 heavy (non-hydrogen) atoms. The Labute approximate surface area is 82.4 Å². The maximum absolute atomic E-state index is 8.67. The van der Waals surface area contributed by atoms with E-state index in [0.717, 1.165) is 5.82 Å². The summed E-state index contributed by atoms with van der Waals surface area (Å²) in [4.78, 5) is 9.47. The third kappa shape index (κ3) is 1.91. The van der Waals surface area contributed by atoms with E-state index >= 15 is 0 Å². The summed E-state index contributed by atoms with van der Waals surface area (Å²) < 4.78 is 0. The van der Waals surface area contributed by atoms with Crippen LogP contribution in [0.3, 0.4) is 0 Å². The molecule has 1 aromatic heterocycles. The first-order valence-corrected chi connectivity index (χ1v) is 4.51. The second-order valence-corrected chi connectivity index (χ2v) is 3.34. The zero-order valence-electron chi connectivity index (χ0n) is 7.94. The van der Waals surface area contributed by atoms with Gasteiger partial charge >= 0.3 is 0 Å². The molecule has 5 heteroatoms. The predicted molar refractivity (Wildman–Crippen MR) is 52.7 cm³/mol. The number of hydrogen-bond donors (Lipinski definition) is 1. The van der Waals surface area contributed by atoms with Crippen LogP contribution in [0.2, 0.25) is 0 Å². The van der Waals surface area contributed by atoms with Crippen molar-refractivity contribution in [1.82, 2.24) is 9.97 Å². The number of anilines is 2. The van der Waals surface area contributed by atoms with Gasteiger partial charge in [-0.3, -0.25) is 4.90 Å². The second kappa shape index (κ2) is 3.50. The van der Waals surface area contributed by atoms with Gasteiger partial charge in [-0.15, -0.1) is 0 Å². The van der Waals surface area contributed by atoms with Crippen LogP contribution in [0.1, 0.15) is 12.8 Å². The monoisotopic (exact) mass is 189 g/mol. The van der Waals surface area contributed by atoms with Crippen molar-refractivity contribution < 1.29 is 0 Å². The first kappa shape index (κ1) is 8.75. The number of nitriles is 1. The van der Waals surface area contributed by atoms with E-state index in [1.54, 1.807) is 13.1 Å². The molecule has 72 valence electrons. The molecule has 1 aliphatic carbocycles. The first-order valence-electron chi connectivity index (χ1n) is 4.51. The molecule has 0 spiro atoms. The molecule has 0 saturated heterocycles. The fourth-order valence-corrected chi connectivity index (χ4v) is 1.10. The molecule has 0 atom stereocenters. The summed E-state index contributed by atoms with van der Waals surface area (Å²) in [5, 5.41) is 11.9. The summed E-state index contributed by atoms with van der Waals surface area (Å²) >= 11 is 0. The summed E-state index contributed by atoms with van der Waals surface area (Å²) in [5.74, 6) is 1.41. The number of nitrogens with zero attached hydrogens (tertiary/aromatic N) is 4. The summed E-state index contributed by atoms with van der Waals surface area (Å²) in [5.41, 5.74) is 0. The van der Waals surface area contributed by atoms with E-state index in [0.29, 0.717) is 11.9 Å². The molecule has 0 aliphatic heterocycles. The van der Waals surface area contributed by atoms with E-state index < -0.39 is 0 Å². The Morgan fingerprint density at radius 2 is 2.36 bits per heavy atom. The van der Waals surface area contributed by atoms with Crippen LogP contribution in [0.25, 0.3) is 0 Å². The summed E-state index contributed by atoms with van der Waals surface area (Å²) in [6.45, 7) is 0. The zero-order chi connectivity index (χ0) is 9.97.